The molecule has 4 rings (SSSR count). The molecular formula is C25H39B2F2N3O3P2S. The van der Waals surface area contributed by atoms with Crippen LogP contribution >= 0.6 is 18.5 Å². The van der Waals surface area contributed by atoms with E-state index >= 15 is 8.78 Å². The highest BCUT2D eigenvalue weighted by molar-refractivity contribution is 7.91. The largest absolute Gasteiger partial charge is 0.342 e. The zero-order chi connectivity index (χ0) is 28.1. The fraction of sp³-hybridized carbons (Fsp3) is 0.680. The van der Waals surface area contributed by atoms with Crippen LogP contribution in [-0.2, 0) is 21.1 Å². The average Bonchev–Trinajstić information content (AvgIpc) is 3.33. The molecule has 1 N–H and O–H groups in total. The molecule has 1 aliphatic heterocycles. The molecule has 2 heterocycles. The van der Waals surface area contributed by atoms with Crippen LogP contribution in [0.1, 0.15) is 63.3 Å². The standard InChI is InChI=1S/C25H39B2F2N3O3P2S/c1-3-38(34,35)11-8-17(22(33)32-13-23(2,36)25(27,29)14-32)16-4-5-18-21(20(16)28)31-19(30-18)12-15-6-9-24(26,37)10-7-15/h4-5,15,17H,3,6-14,26-27,36-37H2,1-2H3,(H,30,31). The Balaban J connectivity index is 1.63. The molecule has 2 fully saturated rings. The minimum Gasteiger partial charge on any atom is -0.342 e. The Morgan fingerprint density at radius 3 is 2.50 bits per heavy atom. The number of likely N-dealkylation sites (tertiary alicyclic amines) is 1. The lowest BCUT2D eigenvalue weighted by Gasteiger charge is -2.33. The third kappa shape index (κ3) is 6.31. The maximum absolute atomic E-state index is 16.0. The molecule has 6 nitrogen and oxygen atoms in total. The lowest BCUT2D eigenvalue weighted by atomic mass is 9.70. The first-order chi connectivity index (χ1) is 17.5. The molecule has 5 atom stereocenters. The number of aromatic amines is 1. The van der Waals surface area contributed by atoms with Gasteiger partial charge in [0.05, 0.1) is 17.2 Å². The summed E-state index contributed by atoms with van der Waals surface area (Å²) in [5.41, 5.74) is -0.815. The van der Waals surface area contributed by atoms with Crippen LogP contribution in [0.5, 0.6) is 0 Å². The van der Waals surface area contributed by atoms with Crippen LogP contribution in [0.15, 0.2) is 12.1 Å². The zero-order valence-electron chi connectivity index (χ0n) is 22.8. The highest BCUT2D eigenvalue weighted by Gasteiger charge is 2.52. The number of nitrogens with zero attached hydrogens (tertiary/aromatic N) is 2. The van der Waals surface area contributed by atoms with Gasteiger partial charge in [-0.1, -0.05) is 32.8 Å². The Bertz CT molecular complexity index is 1290. The van der Waals surface area contributed by atoms with Gasteiger partial charge in [-0.3, -0.25) is 9.18 Å². The molecule has 0 bridgehead atoms. The summed E-state index contributed by atoms with van der Waals surface area (Å²) in [6, 6.07) is 3.26. The summed E-state index contributed by atoms with van der Waals surface area (Å²) in [5.74, 6) is -1.24. The van der Waals surface area contributed by atoms with Crippen LogP contribution in [0.4, 0.5) is 8.78 Å². The van der Waals surface area contributed by atoms with Crippen LogP contribution in [0.3, 0.4) is 0 Å². The molecule has 13 heteroatoms. The van der Waals surface area contributed by atoms with Gasteiger partial charge in [-0.2, -0.15) is 0 Å². The number of amides is 1. The minimum atomic E-state index is -3.40. The lowest BCUT2D eigenvalue weighted by Crippen LogP contribution is -2.43. The lowest BCUT2D eigenvalue weighted by molar-refractivity contribution is -0.132. The minimum absolute atomic E-state index is 0.0644. The number of carbonyl (C=O) groups is 1. The molecule has 2 aromatic rings. The van der Waals surface area contributed by atoms with Gasteiger partial charge in [0.15, 0.2) is 13.7 Å². The summed E-state index contributed by atoms with van der Waals surface area (Å²) in [7, 11) is 5.76. The monoisotopic (exact) mass is 583 g/mol. The number of hydrogen-bond acceptors (Lipinski definition) is 4. The number of rotatable bonds is 8. The molecular weight excluding hydrogens is 544 g/mol. The number of fused-ring (bicyclic) bond motifs is 1. The number of carbonyl (C=O) groups excluding carboxylic acids is 1. The third-order valence-corrected chi connectivity index (χ3v) is 11.8. The molecule has 38 heavy (non-hydrogen) atoms. The van der Waals surface area contributed by atoms with E-state index in [9.17, 15) is 13.2 Å². The second-order valence-electron chi connectivity index (χ2n) is 12.2. The second kappa shape index (κ2) is 10.7. The second-order valence-corrected chi connectivity index (χ2v) is 17.4. The zero-order valence-corrected chi connectivity index (χ0v) is 25.9. The van der Waals surface area contributed by atoms with E-state index in [1.165, 1.54) is 12.7 Å². The van der Waals surface area contributed by atoms with Crippen molar-refractivity contribution in [2.45, 2.75) is 74.1 Å². The number of nitrogens with one attached hydrogen (secondary N) is 1. The summed E-state index contributed by atoms with van der Waals surface area (Å²) in [6.45, 7) is 3.29. The molecule has 2 aliphatic rings. The molecule has 1 saturated heterocycles. The van der Waals surface area contributed by atoms with Gasteiger partial charge in [0.2, 0.25) is 5.91 Å². The van der Waals surface area contributed by atoms with Crippen LogP contribution in [0, 0.1) is 11.7 Å². The SMILES string of the molecule is BC1(P)CCC(Cc2nc3c(F)c(C(CCS(=O)(=O)CC)C(=O)N4CC(B)(F)C(C)(P)C4)ccc3[nH]2)CC1. The smallest absolute Gasteiger partial charge is 0.230 e. The number of imidazole rings is 1. The summed E-state index contributed by atoms with van der Waals surface area (Å²) in [4.78, 5) is 22.9. The van der Waals surface area contributed by atoms with Gasteiger partial charge in [-0.25, -0.2) is 17.8 Å². The predicted octanol–water partition coefficient (Wildman–Crippen LogP) is 2.32. The van der Waals surface area contributed by atoms with Crippen molar-refractivity contribution in [1.82, 2.24) is 14.9 Å². The van der Waals surface area contributed by atoms with E-state index in [1.807, 2.05) is 0 Å². The normalized spacial score (nSPS) is 31.1. The number of benzene rings is 1. The number of halogens is 2. The summed E-state index contributed by atoms with van der Waals surface area (Å²) >= 11 is 0. The Kier molecular flexibility index (Phi) is 8.46. The molecule has 1 aliphatic carbocycles. The average molecular weight is 583 g/mol. The van der Waals surface area contributed by atoms with Gasteiger partial charge in [-0.05, 0) is 36.3 Å². The summed E-state index contributed by atoms with van der Waals surface area (Å²) in [5, 5.41) is -0.573. The van der Waals surface area contributed by atoms with Crippen molar-refractivity contribution in [3.8, 4) is 0 Å². The van der Waals surface area contributed by atoms with Crippen molar-refractivity contribution in [2.75, 3.05) is 24.6 Å². The van der Waals surface area contributed by atoms with Crippen molar-refractivity contribution in [2.24, 2.45) is 5.92 Å². The third-order valence-electron chi connectivity index (χ3n) is 8.74. The number of aromatic nitrogens is 2. The number of sulfone groups is 1. The number of H-pyrrole nitrogens is 1. The van der Waals surface area contributed by atoms with Gasteiger partial charge in [0.1, 0.15) is 34.6 Å². The highest BCUT2D eigenvalue weighted by atomic mass is 32.2. The molecule has 5 unspecified atom stereocenters. The Hall–Kier alpha value is -1.04. The van der Waals surface area contributed by atoms with Crippen LogP contribution in [-0.4, -0.2) is 85.3 Å². The maximum Gasteiger partial charge on any atom is 0.230 e. The fourth-order valence-corrected chi connectivity index (χ4v) is 7.20. The van der Waals surface area contributed by atoms with E-state index in [4.69, 9.17) is 0 Å². The summed E-state index contributed by atoms with van der Waals surface area (Å²) in [6.07, 6.45) is 5.08. The first-order valence-electron chi connectivity index (χ1n) is 13.5. The van der Waals surface area contributed by atoms with Gasteiger partial charge in [-0.15, -0.1) is 18.5 Å². The maximum atomic E-state index is 16.0. The Labute approximate surface area is 231 Å². The molecule has 208 valence electrons. The number of hydrogen-bond donors (Lipinski definition) is 1. The quantitative estimate of drug-likeness (QED) is 0.383. The first kappa shape index (κ1) is 29.9. The van der Waals surface area contributed by atoms with E-state index in [0.717, 1.165) is 37.9 Å². The molecule has 1 saturated carbocycles. The number of alkyl halides is 1. The van der Waals surface area contributed by atoms with E-state index in [-0.39, 0.29) is 47.2 Å². The van der Waals surface area contributed by atoms with E-state index < -0.39 is 38.2 Å². The van der Waals surface area contributed by atoms with Crippen LogP contribution in [0.2, 0.25) is 0 Å². The van der Waals surface area contributed by atoms with E-state index in [1.54, 1.807) is 26.0 Å². The fourth-order valence-electron chi connectivity index (χ4n) is 5.68. The topological polar surface area (TPSA) is 83.1 Å². The summed E-state index contributed by atoms with van der Waals surface area (Å²) < 4.78 is 55.8. The van der Waals surface area contributed by atoms with Crippen LogP contribution in [0.25, 0.3) is 11.0 Å². The molecule has 1 aromatic heterocycles. The van der Waals surface area contributed by atoms with Gasteiger partial charge in [0.25, 0.3) is 0 Å². The molecule has 1 amide bonds. The van der Waals surface area contributed by atoms with Gasteiger partial charge >= 0.3 is 0 Å². The first-order valence-corrected chi connectivity index (χ1v) is 16.4. The van der Waals surface area contributed by atoms with Crippen molar-refractivity contribution >= 4 is 60.9 Å². The van der Waals surface area contributed by atoms with Gasteiger partial charge < -0.3 is 9.88 Å². The van der Waals surface area contributed by atoms with Crippen molar-refractivity contribution in [3.63, 3.8) is 0 Å². The van der Waals surface area contributed by atoms with Gasteiger partial charge in [0, 0.05) is 36.0 Å². The van der Waals surface area contributed by atoms with Crippen molar-refractivity contribution < 1.29 is 22.0 Å². The molecule has 0 spiro atoms. The van der Waals surface area contributed by atoms with Crippen molar-refractivity contribution in [1.29, 1.82) is 0 Å². The molecule has 1 aromatic carbocycles. The van der Waals surface area contributed by atoms with E-state index in [0.29, 0.717) is 11.4 Å². The predicted molar refractivity (Wildman–Crippen MR) is 161 cm³/mol. The highest BCUT2D eigenvalue weighted by Crippen LogP contribution is 2.42. The molecule has 0 radical (unpaired) electrons. The van der Waals surface area contributed by atoms with E-state index in [2.05, 4.69) is 36.3 Å². The Morgan fingerprint density at radius 2 is 1.92 bits per heavy atom. The van der Waals surface area contributed by atoms with Crippen LogP contribution < -0.4 is 0 Å². The van der Waals surface area contributed by atoms with Crippen molar-refractivity contribution in [3.05, 3.63) is 29.3 Å². The Morgan fingerprint density at radius 1 is 1.26 bits per heavy atom.